The second kappa shape index (κ2) is 7.76. The lowest BCUT2D eigenvalue weighted by molar-refractivity contribution is 0.112. The van der Waals surface area contributed by atoms with Crippen LogP contribution in [0.4, 0.5) is 0 Å². The van der Waals surface area contributed by atoms with Gasteiger partial charge in [0.1, 0.15) is 0 Å². The molecule has 2 aromatic rings. The molecular formula is C21H28N2O3S. The molecule has 2 fully saturated rings. The lowest BCUT2D eigenvalue weighted by Crippen LogP contribution is -2.31. The average Bonchev–Trinajstić information content (AvgIpc) is 2.85. The summed E-state index contributed by atoms with van der Waals surface area (Å²) in [6, 6.07) is 5.19. The number of nitrogens with one attached hydrogen (secondary N) is 1. The number of aromatic nitrogens is 1. The molecule has 1 N–H and O–H groups in total. The third-order valence-electron chi connectivity index (χ3n) is 6.17. The normalized spacial score (nSPS) is 20.6. The van der Waals surface area contributed by atoms with Gasteiger partial charge in [-0.3, -0.25) is 4.79 Å². The fraction of sp³-hybridized carbons (Fsp3) is 0.571. The number of carbonyl (C=O) groups is 1. The molecule has 1 aliphatic heterocycles. The molecular weight excluding hydrogens is 360 g/mol. The summed E-state index contributed by atoms with van der Waals surface area (Å²) >= 11 is 0. The van der Waals surface area contributed by atoms with E-state index in [2.05, 4.69) is 4.98 Å². The zero-order valence-corrected chi connectivity index (χ0v) is 16.6. The first-order valence-electron chi connectivity index (χ1n) is 10.2. The topological polar surface area (TPSA) is 70.2 Å². The van der Waals surface area contributed by atoms with Crippen LogP contribution in [0.5, 0.6) is 0 Å². The summed E-state index contributed by atoms with van der Waals surface area (Å²) in [5.74, 6) is 0.372. The van der Waals surface area contributed by atoms with Gasteiger partial charge in [0.2, 0.25) is 10.0 Å². The Balaban J connectivity index is 1.74. The Hall–Kier alpha value is -1.66. The minimum absolute atomic E-state index is 0.300. The largest absolute Gasteiger partial charge is 0.358 e. The molecule has 1 saturated carbocycles. The standard InChI is InChI=1S/C21H28N2O3S/c24-15-19-18-14-17(27(25,26)23-12-6-1-2-7-13-23)10-11-20(18)22-21(19)16-8-4-3-5-9-16/h10-11,14-16,22H,1-9,12-13H2. The van der Waals surface area contributed by atoms with E-state index in [-0.39, 0.29) is 0 Å². The lowest BCUT2D eigenvalue weighted by atomic mass is 9.85. The summed E-state index contributed by atoms with van der Waals surface area (Å²) < 4.78 is 27.8. The molecule has 2 heterocycles. The van der Waals surface area contributed by atoms with Gasteiger partial charge >= 0.3 is 0 Å². The summed E-state index contributed by atoms with van der Waals surface area (Å²) in [6.45, 7) is 1.17. The van der Waals surface area contributed by atoms with E-state index in [9.17, 15) is 13.2 Å². The minimum atomic E-state index is -3.51. The Labute approximate surface area is 161 Å². The van der Waals surface area contributed by atoms with Crippen molar-refractivity contribution >= 4 is 27.2 Å². The molecule has 1 saturated heterocycles. The first-order valence-corrected chi connectivity index (χ1v) is 11.7. The Morgan fingerprint density at radius 1 is 0.963 bits per heavy atom. The molecule has 6 heteroatoms. The van der Waals surface area contributed by atoms with E-state index >= 15 is 0 Å². The molecule has 146 valence electrons. The van der Waals surface area contributed by atoms with Gasteiger partial charge in [-0.2, -0.15) is 4.31 Å². The van der Waals surface area contributed by atoms with Crippen LogP contribution < -0.4 is 0 Å². The van der Waals surface area contributed by atoms with Crippen LogP contribution in [0, 0.1) is 0 Å². The predicted octanol–water partition coefficient (Wildman–Crippen LogP) is 4.59. The van der Waals surface area contributed by atoms with Gasteiger partial charge in [-0.25, -0.2) is 8.42 Å². The van der Waals surface area contributed by atoms with Crippen LogP contribution in [0.1, 0.15) is 79.8 Å². The van der Waals surface area contributed by atoms with Crippen LogP contribution in [0.15, 0.2) is 23.1 Å². The molecule has 0 amide bonds. The zero-order valence-electron chi connectivity index (χ0n) is 15.7. The van der Waals surface area contributed by atoms with Gasteiger partial charge in [0.05, 0.1) is 4.90 Å². The molecule has 27 heavy (non-hydrogen) atoms. The van der Waals surface area contributed by atoms with Crippen molar-refractivity contribution in [3.63, 3.8) is 0 Å². The molecule has 0 unspecified atom stereocenters. The lowest BCUT2D eigenvalue weighted by Gasteiger charge is -2.21. The van der Waals surface area contributed by atoms with Crippen molar-refractivity contribution in [2.75, 3.05) is 13.1 Å². The number of hydrogen-bond donors (Lipinski definition) is 1. The van der Waals surface area contributed by atoms with Crippen LogP contribution >= 0.6 is 0 Å². The molecule has 0 spiro atoms. The molecule has 0 atom stereocenters. The fourth-order valence-electron chi connectivity index (χ4n) is 4.64. The summed E-state index contributed by atoms with van der Waals surface area (Å²) in [5, 5.41) is 0.737. The van der Waals surface area contributed by atoms with Gasteiger partial charge in [-0.05, 0) is 49.8 Å². The number of H-pyrrole nitrogens is 1. The Bertz CT molecular complexity index is 918. The molecule has 5 nitrogen and oxygen atoms in total. The van der Waals surface area contributed by atoms with Gasteiger partial charge in [-0.1, -0.05) is 32.1 Å². The highest BCUT2D eigenvalue weighted by Gasteiger charge is 2.27. The summed E-state index contributed by atoms with van der Waals surface area (Å²) in [6.07, 6.45) is 10.7. The second-order valence-electron chi connectivity index (χ2n) is 7.93. The maximum atomic E-state index is 13.1. The average molecular weight is 389 g/mol. The molecule has 2 aliphatic rings. The van der Waals surface area contributed by atoms with Crippen molar-refractivity contribution in [3.05, 3.63) is 29.5 Å². The highest BCUT2D eigenvalue weighted by Crippen LogP contribution is 2.37. The van der Waals surface area contributed by atoms with Crippen LogP contribution in [0.25, 0.3) is 10.9 Å². The van der Waals surface area contributed by atoms with Crippen molar-refractivity contribution in [3.8, 4) is 0 Å². The molecule has 1 aromatic heterocycles. The quantitative estimate of drug-likeness (QED) is 0.779. The van der Waals surface area contributed by atoms with Gasteiger partial charge < -0.3 is 4.98 Å². The highest BCUT2D eigenvalue weighted by atomic mass is 32.2. The van der Waals surface area contributed by atoms with Gasteiger partial charge in [-0.15, -0.1) is 0 Å². The Morgan fingerprint density at radius 2 is 1.63 bits per heavy atom. The van der Waals surface area contributed by atoms with Crippen LogP contribution in [-0.4, -0.2) is 37.1 Å². The van der Waals surface area contributed by atoms with Gasteiger partial charge in [0, 0.05) is 35.2 Å². The van der Waals surface area contributed by atoms with Crippen molar-refractivity contribution in [1.29, 1.82) is 0 Å². The van der Waals surface area contributed by atoms with Crippen molar-refractivity contribution in [1.82, 2.24) is 9.29 Å². The van der Waals surface area contributed by atoms with E-state index in [0.717, 1.165) is 61.4 Å². The van der Waals surface area contributed by atoms with E-state index in [1.54, 1.807) is 16.4 Å². The number of aldehydes is 1. The zero-order chi connectivity index (χ0) is 18.9. The van der Waals surface area contributed by atoms with Crippen molar-refractivity contribution in [2.24, 2.45) is 0 Å². The first-order chi connectivity index (χ1) is 13.1. The van der Waals surface area contributed by atoms with Crippen LogP contribution in [-0.2, 0) is 10.0 Å². The van der Waals surface area contributed by atoms with E-state index in [1.807, 2.05) is 6.07 Å². The molecule has 4 rings (SSSR count). The van der Waals surface area contributed by atoms with E-state index in [4.69, 9.17) is 0 Å². The summed E-state index contributed by atoms with van der Waals surface area (Å²) in [4.78, 5) is 15.6. The summed E-state index contributed by atoms with van der Waals surface area (Å²) in [5.41, 5.74) is 2.49. The number of aromatic amines is 1. The molecule has 0 radical (unpaired) electrons. The number of nitrogens with zero attached hydrogens (tertiary/aromatic N) is 1. The fourth-order valence-corrected chi connectivity index (χ4v) is 6.19. The Kier molecular flexibility index (Phi) is 5.37. The Morgan fingerprint density at radius 3 is 2.30 bits per heavy atom. The van der Waals surface area contributed by atoms with E-state index in [1.165, 1.54) is 19.3 Å². The summed E-state index contributed by atoms with van der Waals surface area (Å²) in [7, 11) is -3.51. The SMILES string of the molecule is O=Cc1c(C2CCCCC2)[nH]c2ccc(S(=O)(=O)N3CCCCCC3)cc12. The van der Waals surface area contributed by atoms with Crippen LogP contribution in [0.2, 0.25) is 0 Å². The molecule has 0 bridgehead atoms. The first kappa shape index (κ1) is 18.7. The number of fused-ring (bicyclic) bond motifs is 1. The smallest absolute Gasteiger partial charge is 0.243 e. The maximum absolute atomic E-state index is 13.1. The number of rotatable bonds is 4. The number of carbonyl (C=O) groups excluding carboxylic acids is 1. The van der Waals surface area contributed by atoms with Gasteiger partial charge in [0.25, 0.3) is 0 Å². The number of sulfonamides is 1. The van der Waals surface area contributed by atoms with E-state index in [0.29, 0.717) is 29.5 Å². The second-order valence-corrected chi connectivity index (χ2v) is 9.87. The number of hydrogen-bond acceptors (Lipinski definition) is 3. The third kappa shape index (κ3) is 3.57. The van der Waals surface area contributed by atoms with Crippen molar-refractivity contribution < 1.29 is 13.2 Å². The maximum Gasteiger partial charge on any atom is 0.243 e. The molecule has 1 aliphatic carbocycles. The predicted molar refractivity (Wildman–Crippen MR) is 107 cm³/mol. The molecule has 1 aromatic carbocycles. The van der Waals surface area contributed by atoms with Crippen molar-refractivity contribution in [2.45, 2.75) is 68.6 Å². The number of benzene rings is 1. The highest BCUT2D eigenvalue weighted by molar-refractivity contribution is 7.89. The van der Waals surface area contributed by atoms with Crippen LogP contribution in [0.3, 0.4) is 0 Å². The minimum Gasteiger partial charge on any atom is -0.358 e. The third-order valence-corrected chi connectivity index (χ3v) is 8.07. The van der Waals surface area contributed by atoms with Gasteiger partial charge in [0.15, 0.2) is 6.29 Å². The monoisotopic (exact) mass is 388 g/mol. The van der Waals surface area contributed by atoms with E-state index < -0.39 is 10.0 Å².